The molecule has 0 aromatic heterocycles. The molecule has 1 atom stereocenters. The van der Waals surface area contributed by atoms with E-state index < -0.39 is 6.04 Å². The number of nitrogens with zero attached hydrogens (tertiary/aromatic N) is 1. The van der Waals surface area contributed by atoms with Crippen molar-refractivity contribution in [2.75, 3.05) is 19.6 Å². The van der Waals surface area contributed by atoms with Crippen LogP contribution in [0.1, 0.15) is 76.2 Å². The van der Waals surface area contributed by atoms with Crippen LogP contribution >= 0.6 is 0 Å². The fraction of sp³-hybridized carbons (Fsp3) is 0.625. The summed E-state index contributed by atoms with van der Waals surface area (Å²) >= 11 is 0. The van der Waals surface area contributed by atoms with Crippen LogP contribution in [0.2, 0.25) is 0 Å². The van der Waals surface area contributed by atoms with Gasteiger partial charge in [-0.15, -0.1) is 0 Å². The Kier molecular flexibility index (Phi) is 8.44. The van der Waals surface area contributed by atoms with Crippen molar-refractivity contribution in [2.45, 2.75) is 71.8 Å². The topological polar surface area (TPSA) is 78.5 Å². The Morgan fingerprint density at radius 2 is 1.60 bits per heavy atom. The monoisotopic (exact) mass is 415 g/mol. The van der Waals surface area contributed by atoms with Gasteiger partial charge in [-0.05, 0) is 48.3 Å². The van der Waals surface area contributed by atoms with E-state index in [9.17, 15) is 14.4 Å². The zero-order chi connectivity index (χ0) is 22.3. The lowest BCUT2D eigenvalue weighted by Crippen LogP contribution is -2.50. The minimum absolute atomic E-state index is 0.0149. The Bertz CT molecular complexity index is 729. The van der Waals surface area contributed by atoms with Crippen LogP contribution in [0, 0.1) is 5.92 Å². The highest BCUT2D eigenvalue weighted by Crippen LogP contribution is 2.22. The number of amides is 3. The summed E-state index contributed by atoms with van der Waals surface area (Å²) in [5.41, 5.74) is 1.69. The number of piperidine rings is 1. The first-order valence-electron chi connectivity index (χ1n) is 11.1. The first kappa shape index (κ1) is 23.9. The van der Waals surface area contributed by atoms with Gasteiger partial charge in [0.1, 0.15) is 6.04 Å². The molecule has 6 nitrogen and oxygen atoms in total. The van der Waals surface area contributed by atoms with Gasteiger partial charge in [0.25, 0.3) is 5.91 Å². The Morgan fingerprint density at radius 1 is 1.00 bits per heavy atom. The Labute approximate surface area is 180 Å². The molecule has 1 fully saturated rings. The smallest absolute Gasteiger partial charge is 0.251 e. The molecule has 0 spiro atoms. The standard InChI is InChI=1S/C24H37N3O3/c1-17(2)21(23(30)25-14-13-20(28)27-15-7-6-8-16-27)26-22(29)18-9-11-19(12-10-18)24(3,4)5/h9-12,17,21H,6-8,13-16H2,1-5H3,(H,25,30)(H,26,29). The Balaban J connectivity index is 1.88. The predicted octanol–water partition coefficient (Wildman–Crippen LogP) is 3.26. The molecule has 3 amide bonds. The van der Waals surface area contributed by atoms with Gasteiger partial charge in [0.2, 0.25) is 11.8 Å². The van der Waals surface area contributed by atoms with Crippen LogP contribution < -0.4 is 10.6 Å². The van der Waals surface area contributed by atoms with E-state index in [0.717, 1.165) is 31.5 Å². The average Bonchev–Trinajstić information content (AvgIpc) is 2.71. The van der Waals surface area contributed by atoms with Gasteiger partial charge in [0.05, 0.1) is 0 Å². The van der Waals surface area contributed by atoms with Gasteiger partial charge in [-0.1, -0.05) is 46.8 Å². The summed E-state index contributed by atoms with van der Waals surface area (Å²) in [7, 11) is 0. The summed E-state index contributed by atoms with van der Waals surface area (Å²) < 4.78 is 0. The van der Waals surface area contributed by atoms with Gasteiger partial charge in [0.15, 0.2) is 0 Å². The second-order valence-electron chi connectivity index (χ2n) is 9.50. The minimum Gasteiger partial charge on any atom is -0.354 e. The Morgan fingerprint density at radius 3 is 2.13 bits per heavy atom. The molecule has 0 bridgehead atoms. The molecule has 1 aromatic carbocycles. The van der Waals surface area contributed by atoms with Gasteiger partial charge in [0, 0.05) is 31.6 Å². The maximum Gasteiger partial charge on any atom is 0.251 e. The fourth-order valence-electron chi connectivity index (χ4n) is 3.59. The van der Waals surface area contributed by atoms with E-state index in [1.54, 1.807) is 12.1 Å². The van der Waals surface area contributed by atoms with Gasteiger partial charge < -0.3 is 15.5 Å². The zero-order valence-corrected chi connectivity index (χ0v) is 19.1. The van der Waals surface area contributed by atoms with Crippen LogP contribution in [0.5, 0.6) is 0 Å². The maximum atomic E-state index is 12.7. The molecule has 2 N–H and O–H groups in total. The predicted molar refractivity (Wildman–Crippen MR) is 119 cm³/mol. The third kappa shape index (κ3) is 6.85. The van der Waals surface area contributed by atoms with E-state index in [1.807, 2.05) is 30.9 Å². The lowest BCUT2D eigenvalue weighted by molar-refractivity contribution is -0.132. The highest BCUT2D eigenvalue weighted by atomic mass is 16.2. The van der Waals surface area contributed by atoms with E-state index in [-0.39, 0.29) is 35.6 Å². The molecule has 1 aliphatic heterocycles. The molecular formula is C24H37N3O3. The second kappa shape index (κ2) is 10.6. The van der Waals surface area contributed by atoms with Crippen molar-refractivity contribution < 1.29 is 14.4 Å². The third-order valence-corrected chi connectivity index (χ3v) is 5.60. The number of benzene rings is 1. The van der Waals surface area contributed by atoms with Crippen LogP contribution in [0.3, 0.4) is 0 Å². The SMILES string of the molecule is CC(C)C(NC(=O)c1ccc(C(C)(C)C)cc1)C(=O)NCCC(=O)N1CCCCC1. The summed E-state index contributed by atoms with van der Waals surface area (Å²) in [5.74, 6) is -0.510. The molecule has 1 unspecified atom stereocenters. The van der Waals surface area contributed by atoms with E-state index in [2.05, 4.69) is 31.4 Å². The van der Waals surface area contributed by atoms with Crippen LogP contribution in [0.4, 0.5) is 0 Å². The Hall–Kier alpha value is -2.37. The first-order valence-corrected chi connectivity index (χ1v) is 11.1. The normalized spacial score (nSPS) is 15.6. The number of hydrogen-bond donors (Lipinski definition) is 2. The quantitative estimate of drug-likeness (QED) is 0.717. The molecule has 1 aliphatic rings. The minimum atomic E-state index is -0.648. The molecule has 1 saturated heterocycles. The van der Waals surface area contributed by atoms with Crippen molar-refractivity contribution in [1.82, 2.24) is 15.5 Å². The molecule has 1 heterocycles. The number of likely N-dealkylation sites (tertiary alicyclic amines) is 1. The highest BCUT2D eigenvalue weighted by molar-refractivity contribution is 5.97. The number of hydrogen-bond acceptors (Lipinski definition) is 3. The largest absolute Gasteiger partial charge is 0.354 e. The molecule has 2 rings (SSSR count). The maximum absolute atomic E-state index is 12.7. The van der Waals surface area contributed by atoms with Crippen LogP contribution in [0.25, 0.3) is 0 Å². The van der Waals surface area contributed by atoms with Crippen molar-refractivity contribution >= 4 is 17.7 Å². The van der Waals surface area contributed by atoms with Crippen LogP contribution in [-0.4, -0.2) is 48.3 Å². The van der Waals surface area contributed by atoms with Crippen molar-refractivity contribution in [3.63, 3.8) is 0 Å². The summed E-state index contributed by atoms with van der Waals surface area (Å²) in [6.45, 7) is 12.1. The molecule has 166 valence electrons. The van der Waals surface area contributed by atoms with E-state index in [0.29, 0.717) is 12.0 Å². The van der Waals surface area contributed by atoms with Crippen molar-refractivity contribution in [1.29, 1.82) is 0 Å². The van der Waals surface area contributed by atoms with E-state index >= 15 is 0 Å². The molecule has 6 heteroatoms. The van der Waals surface area contributed by atoms with Gasteiger partial charge in [-0.25, -0.2) is 0 Å². The molecule has 0 aliphatic carbocycles. The number of nitrogens with one attached hydrogen (secondary N) is 2. The highest BCUT2D eigenvalue weighted by Gasteiger charge is 2.25. The van der Waals surface area contributed by atoms with Gasteiger partial charge in [-0.3, -0.25) is 14.4 Å². The number of rotatable bonds is 7. The summed E-state index contributed by atoms with van der Waals surface area (Å²) in [6, 6.07) is 6.84. The molecule has 0 saturated carbocycles. The summed E-state index contributed by atoms with van der Waals surface area (Å²) in [5, 5.41) is 5.66. The van der Waals surface area contributed by atoms with Crippen molar-refractivity contribution in [3.05, 3.63) is 35.4 Å². The molecule has 1 aromatic rings. The van der Waals surface area contributed by atoms with E-state index in [4.69, 9.17) is 0 Å². The first-order chi connectivity index (χ1) is 14.1. The number of carbonyl (C=O) groups is 3. The number of carbonyl (C=O) groups excluding carboxylic acids is 3. The van der Waals surface area contributed by atoms with Crippen LogP contribution in [0.15, 0.2) is 24.3 Å². The second-order valence-corrected chi connectivity index (χ2v) is 9.50. The summed E-state index contributed by atoms with van der Waals surface area (Å²) in [6.07, 6.45) is 3.57. The molecule has 30 heavy (non-hydrogen) atoms. The van der Waals surface area contributed by atoms with Crippen molar-refractivity contribution in [3.8, 4) is 0 Å². The van der Waals surface area contributed by atoms with Gasteiger partial charge >= 0.3 is 0 Å². The van der Waals surface area contributed by atoms with Gasteiger partial charge in [-0.2, -0.15) is 0 Å². The fourth-order valence-corrected chi connectivity index (χ4v) is 3.59. The lowest BCUT2D eigenvalue weighted by atomic mass is 9.86. The van der Waals surface area contributed by atoms with E-state index in [1.165, 1.54) is 6.42 Å². The van der Waals surface area contributed by atoms with Crippen LogP contribution in [-0.2, 0) is 15.0 Å². The van der Waals surface area contributed by atoms with Crippen molar-refractivity contribution in [2.24, 2.45) is 5.92 Å². The summed E-state index contributed by atoms with van der Waals surface area (Å²) in [4.78, 5) is 39.4. The molecule has 0 radical (unpaired) electrons. The third-order valence-electron chi connectivity index (χ3n) is 5.60. The average molecular weight is 416 g/mol. The zero-order valence-electron chi connectivity index (χ0n) is 19.1. The molecular weight excluding hydrogens is 378 g/mol. The lowest BCUT2D eigenvalue weighted by Gasteiger charge is -2.27.